The first-order valence-electron chi connectivity index (χ1n) is 8.39. The van der Waals surface area contributed by atoms with Crippen molar-refractivity contribution in [2.24, 2.45) is 4.99 Å². The van der Waals surface area contributed by atoms with Crippen molar-refractivity contribution in [3.05, 3.63) is 108 Å². The van der Waals surface area contributed by atoms with Crippen molar-refractivity contribution in [3.63, 3.8) is 0 Å². The Balaban J connectivity index is 2.02. The quantitative estimate of drug-likeness (QED) is 0.539. The molecule has 0 saturated carbocycles. The first kappa shape index (κ1) is 16.2. The summed E-state index contributed by atoms with van der Waals surface area (Å²) in [5.74, 6) is 0. The van der Waals surface area contributed by atoms with Crippen LogP contribution in [0.5, 0.6) is 0 Å². The molecule has 0 aliphatic carbocycles. The molecule has 1 nitrogen and oxygen atoms in total. The Hall–Kier alpha value is -2.67. The molecule has 0 bridgehead atoms. The molecule has 0 amide bonds. The largest absolute Gasteiger partial charge is 0.278 e. The van der Waals surface area contributed by atoms with Crippen molar-refractivity contribution in [1.29, 1.82) is 0 Å². The molecule has 1 atom stereocenters. The van der Waals surface area contributed by atoms with Gasteiger partial charge in [0.25, 0.3) is 0 Å². The second-order valence-corrected chi connectivity index (χ2v) is 6.37. The molecule has 1 heteroatoms. The summed E-state index contributed by atoms with van der Waals surface area (Å²) in [5, 5.41) is 0. The molecule has 3 aromatic carbocycles. The number of rotatable bonds is 5. The maximum absolute atomic E-state index is 5.16. The molecule has 0 spiro atoms. The molecule has 3 rings (SSSR count). The van der Waals surface area contributed by atoms with Crippen molar-refractivity contribution in [2.45, 2.75) is 25.8 Å². The van der Waals surface area contributed by atoms with Gasteiger partial charge in [-0.2, -0.15) is 0 Å². The van der Waals surface area contributed by atoms with E-state index in [0.29, 0.717) is 0 Å². The van der Waals surface area contributed by atoms with Gasteiger partial charge in [0.05, 0.1) is 5.54 Å². The molecule has 1 unspecified atom stereocenters. The molecule has 3 aromatic rings. The molecule has 0 aromatic heterocycles. The van der Waals surface area contributed by atoms with Gasteiger partial charge in [0.1, 0.15) is 0 Å². The fourth-order valence-corrected chi connectivity index (χ4v) is 3.11. The van der Waals surface area contributed by atoms with Crippen molar-refractivity contribution in [2.75, 3.05) is 0 Å². The molecular weight excluding hydrogens is 290 g/mol. The summed E-state index contributed by atoms with van der Waals surface area (Å²) < 4.78 is 0. The second kappa shape index (κ2) is 7.27. The maximum Gasteiger partial charge on any atom is 0.0872 e. The summed E-state index contributed by atoms with van der Waals surface area (Å²) >= 11 is 0. The molecule has 24 heavy (non-hydrogen) atoms. The Bertz CT molecular complexity index is 791. The topological polar surface area (TPSA) is 12.4 Å². The highest BCUT2D eigenvalue weighted by molar-refractivity contribution is 5.99. The second-order valence-electron chi connectivity index (χ2n) is 6.37. The van der Waals surface area contributed by atoms with Crippen LogP contribution in [0.25, 0.3) is 0 Å². The van der Waals surface area contributed by atoms with Gasteiger partial charge in [-0.25, -0.2) is 0 Å². The number of nitrogens with zero attached hydrogens (tertiary/aromatic N) is 1. The highest BCUT2D eigenvalue weighted by Gasteiger charge is 2.26. The standard InChI is InChI=1S/C23H23N/c1-19(21-14-8-4-9-15-21)24-23(2,22-16-10-5-11-17-22)18-20-12-6-3-7-13-20/h3-17H,18H2,1-2H3. The highest BCUT2D eigenvalue weighted by Crippen LogP contribution is 2.30. The van der Waals surface area contributed by atoms with Crippen LogP contribution in [-0.2, 0) is 12.0 Å². The van der Waals surface area contributed by atoms with E-state index in [0.717, 1.165) is 12.1 Å². The van der Waals surface area contributed by atoms with E-state index in [2.05, 4.69) is 98.8 Å². The van der Waals surface area contributed by atoms with E-state index < -0.39 is 0 Å². The lowest BCUT2D eigenvalue weighted by atomic mass is 9.85. The molecule has 0 N–H and O–H groups in total. The van der Waals surface area contributed by atoms with Gasteiger partial charge >= 0.3 is 0 Å². The van der Waals surface area contributed by atoms with Gasteiger partial charge in [0.15, 0.2) is 0 Å². The number of benzene rings is 3. The first-order chi connectivity index (χ1) is 11.7. The van der Waals surface area contributed by atoms with Crippen LogP contribution < -0.4 is 0 Å². The predicted molar refractivity (Wildman–Crippen MR) is 103 cm³/mol. The van der Waals surface area contributed by atoms with Crippen LogP contribution in [-0.4, -0.2) is 5.71 Å². The van der Waals surface area contributed by atoms with Crippen LogP contribution in [0.15, 0.2) is 96.0 Å². The third kappa shape index (κ3) is 3.80. The Morgan fingerprint density at radius 3 is 1.83 bits per heavy atom. The van der Waals surface area contributed by atoms with Crippen molar-refractivity contribution < 1.29 is 0 Å². The van der Waals surface area contributed by atoms with Gasteiger partial charge in [-0.3, -0.25) is 4.99 Å². The van der Waals surface area contributed by atoms with Gasteiger partial charge < -0.3 is 0 Å². The van der Waals surface area contributed by atoms with Gasteiger partial charge in [-0.1, -0.05) is 91.0 Å². The van der Waals surface area contributed by atoms with E-state index in [4.69, 9.17) is 4.99 Å². The molecule has 0 fully saturated rings. The van der Waals surface area contributed by atoms with E-state index in [9.17, 15) is 0 Å². The molecule has 0 aliphatic heterocycles. The third-order valence-corrected chi connectivity index (χ3v) is 4.39. The minimum absolute atomic E-state index is 0.289. The smallest absolute Gasteiger partial charge is 0.0872 e. The van der Waals surface area contributed by atoms with Crippen molar-refractivity contribution >= 4 is 5.71 Å². The fraction of sp³-hybridized carbons (Fsp3) is 0.174. The normalized spacial score (nSPS) is 14.2. The fourth-order valence-electron chi connectivity index (χ4n) is 3.11. The van der Waals surface area contributed by atoms with E-state index in [1.165, 1.54) is 16.7 Å². The lowest BCUT2D eigenvalue weighted by Crippen LogP contribution is -2.24. The Morgan fingerprint density at radius 1 is 0.750 bits per heavy atom. The summed E-state index contributed by atoms with van der Waals surface area (Å²) in [5.41, 5.74) is 4.49. The van der Waals surface area contributed by atoms with Crippen LogP contribution >= 0.6 is 0 Å². The number of hydrogen-bond donors (Lipinski definition) is 0. The minimum atomic E-state index is -0.289. The lowest BCUT2D eigenvalue weighted by Gasteiger charge is -2.27. The molecule has 120 valence electrons. The SMILES string of the molecule is CC(=NC(C)(Cc1ccccc1)c1ccccc1)c1ccccc1. The van der Waals surface area contributed by atoms with Gasteiger partial charge in [0.2, 0.25) is 0 Å². The predicted octanol–water partition coefficient (Wildman–Crippen LogP) is 5.65. The summed E-state index contributed by atoms with van der Waals surface area (Å²) in [6.07, 6.45) is 0.877. The summed E-state index contributed by atoms with van der Waals surface area (Å²) in [6.45, 7) is 4.32. The van der Waals surface area contributed by atoms with E-state index in [1.54, 1.807) is 0 Å². The van der Waals surface area contributed by atoms with Crippen LogP contribution in [0, 0.1) is 0 Å². The summed E-state index contributed by atoms with van der Waals surface area (Å²) in [6, 6.07) is 31.6. The Kier molecular flexibility index (Phi) is 4.90. The van der Waals surface area contributed by atoms with Crippen LogP contribution in [0.4, 0.5) is 0 Å². The summed E-state index contributed by atoms with van der Waals surface area (Å²) in [4.78, 5) is 5.16. The number of aliphatic imine (C=N–C) groups is 1. The third-order valence-electron chi connectivity index (χ3n) is 4.39. The average Bonchev–Trinajstić information content (AvgIpc) is 2.64. The van der Waals surface area contributed by atoms with E-state index in [-0.39, 0.29) is 5.54 Å². The zero-order valence-electron chi connectivity index (χ0n) is 14.3. The summed E-state index contributed by atoms with van der Waals surface area (Å²) in [7, 11) is 0. The van der Waals surface area contributed by atoms with Gasteiger partial charge in [0, 0.05) is 12.1 Å². The highest BCUT2D eigenvalue weighted by atomic mass is 14.9. The maximum atomic E-state index is 5.16. The molecule has 0 saturated heterocycles. The van der Waals surface area contributed by atoms with E-state index >= 15 is 0 Å². The van der Waals surface area contributed by atoms with Gasteiger partial charge in [-0.05, 0) is 30.5 Å². The lowest BCUT2D eigenvalue weighted by molar-refractivity contribution is 0.495. The average molecular weight is 313 g/mol. The van der Waals surface area contributed by atoms with Crippen molar-refractivity contribution in [3.8, 4) is 0 Å². The first-order valence-corrected chi connectivity index (χ1v) is 8.39. The monoisotopic (exact) mass is 313 g/mol. The van der Waals surface area contributed by atoms with Crippen LogP contribution in [0.2, 0.25) is 0 Å². The molecule has 0 heterocycles. The Morgan fingerprint density at radius 2 is 1.25 bits per heavy atom. The minimum Gasteiger partial charge on any atom is -0.278 e. The zero-order valence-corrected chi connectivity index (χ0v) is 14.3. The molecule has 0 aliphatic rings. The number of hydrogen-bond acceptors (Lipinski definition) is 1. The van der Waals surface area contributed by atoms with Crippen LogP contribution in [0.1, 0.15) is 30.5 Å². The van der Waals surface area contributed by atoms with Gasteiger partial charge in [-0.15, -0.1) is 0 Å². The zero-order chi connectivity index (χ0) is 16.8. The Labute approximate surface area is 144 Å². The molecule has 0 radical (unpaired) electrons. The van der Waals surface area contributed by atoms with Crippen molar-refractivity contribution in [1.82, 2.24) is 0 Å². The van der Waals surface area contributed by atoms with Crippen LogP contribution in [0.3, 0.4) is 0 Å². The van der Waals surface area contributed by atoms with E-state index in [1.807, 2.05) is 6.07 Å². The molecular formula is C23H23N.